The minimum Gasteiger partial charge on any atom is -0.304 e. The molecule has 0 amide bonds. The molecule has 1 saturated carbocycles. The van der Waals surface area contributed by atoms with Crippen LogP contribution in [0.2, 0.25) is 0 Å². The van der Waals surface area contributed by atoms with Gasteiger partial charge in [0.05, 0.1) is 0 Å². The second-order valence-corrected chi connectivity index (χ2v) is 5.87. The SMILES string of the molecule is CCCC(C)(C1CCCCC1C)N(C)C. The van der Waals surface area contributed by atoms with Crippen LogP contribution in [-0.4, -0.2) is 24.5 Å². The quantitative estimate of drug-likeness (QED) is 0.681. The fourth-order valence-electron chi connectivity index (χ4n) is 3.49. The van der Waals surface area contributed by atoms with Gasteiger partial charge in [-0.15, -0.1) is 0 Å². The molecule has 0 heterocycles. The molecule has 1 fully saturated rings. The molecule has 1 rings (SSSR count). The van der Waals surface area contributed by atoms with E-state index < -0.39 is 0 Å². The molecule has 0 aromatic heterocycles. The van der Waals surface area contributed by atoms with E-state index in [1.54, 1.807) is 0 Å². The van der Waals surface area contributed by atoms with Crippen molar-refractivity contribution in [3.05, 3.63) is 0 Å². The molecule has 0 saturated heterocycles. The second-order valence-electron chi connectivity index (χ2n) is 5.87. The topological polar surface area (TPSA) is 3.24 Å². The Morgan fingerprint density at radius 3 is 2.27 bits per heavy atom. The van der Waals surface area contributed by atoms with Gasteiger partial charge in [-0.2, -0.15) is 0 Å². The zero-order valence-electron chi connectivity index (χ0n) is 11.3. The lowest BCUT2D eigenvalue weighted by Gasteiger charge is -2.48. The molecule has 0 aromatic carbocycles. The van der Waals surface area contributed by atoms with Crippen LogP contribution in [0.1, 0.15) is 59.3 Å². The first-order chi connectivity index (χ1) is 7.02. The minimum atomic E-state index is 0.425. The summed E-state index contributed by atoms with van der Waals surface area (Å²) in [6.45, 7) is 7.25. The fraction of sp³-hybridized carbons (Fsp3) is 1.00. The molecule has 3 atom stereocenters. The third-order valence-electron chi connectivity index (χ3n) is 4.69. The van der Waals surface area contributed by atoms with E-state index in [9.17, 15) is 0 Å². The van der Waals surface area contributed by atoms with Crippen molar-refractivity contribution in [1.29, 1.82) is 0 Å². The summed E-state index contributed by atoms with van der Waals surface area (Å²) in [5.41, 5.74) is 0.425. The predicted molar refractivity (Wildman–Crippen MR) is 68.1 cm³/mol. The molecule has 1 aliphatic rings. The number of rotatable bonds is 4. The predicted octanol–water partition coefficient (Wildman–Crippen LogP) is 3.93. The fourth-order valence-corrected chi connectivity index (χ4v) is 3.49. The van der Waals surface area contributed by atoms with Gasteiger partial charge in [-0.3, -0.25) is 0 Å². The first-order valence-corrected chi connectivity index (χ1v) is 6.69. The van der Waals surface area contributed by atoms with Gasteiger partial charge < -0.3 is 4.90 Å². The molecule has 15 heavy (non-hydrogen) atoms. The summed E-state index contributed by atoms with van der Waals surface area (Å²) >= 11 is 0. The van der Waals surface area contributed by atoms with Gasteiger partial charge in [0.2, 0.25) is 0 Å². The normalized spacial score (nSPS) is 31.6. The Kier molecular flexibility index (Phi) is 4.64. The lowest BCUT2D eigenvalue weighted by atomic mass is 9.67. The Morgan fingerprint density at radius 1 is 1.20 bits per heavy atom. The molecule has 0 spiro atoms. The molecule has 1 nitrogen and oxygen atoms in total. The third-order valence-corrected chi connectivity index (χ3v) is 4.69. The Labute approximate surface area is 96.2 Å². The lowest BCUT2D eigenvalue weighted by molar-refractivity contribution is 0.0311. The Bertz CT molecular complexity index is 188. The zero-order valence-corrected chi connectivity index (χ0v) is 11.3. The van der Waals surface area contributed by atoms with Crippen LogP contribution in [0.5, 0.6) is 0 Å². The standard InChI is InChI=1S/C14H29N/c1-6-11-14(3,15(4)5)13-10-8-7-9-12(13)2/h12-13H,6-11H2,1-5H3. The Morgan fingerprint density at radius 2 is 1.80 bits per heavy atom. The van der Waals surface area contributed by atoms with Crippen molar-refractivity contribution in [3.63, 3.8) is 0 Å². The van der Waals surface area contributed by atoms with E-state index in [2.05, 4.69) is 39.8 Å². The van der Waals surface area contributed by atoms with Crippen LogP contribution < -0.4 is 0 Å². The first-order valence-electron chi connectivity index (χ1n) is 6.69. The highest BCUT2D eigenvalue weighted by Gasteiger charge is 2.39. The van der Waals surface area contributed by atoms with E-state index in [-0.39, 0.29) is 0 Å². The highest BCUT2D eigenvalue weighted by Crippen LogP contribution is 2.41. The van der Waals surface area contributed by atoms with Crippen LogP contribution in [0.15, 0.2) is 0 Å². The van der Waals surface area contributed by atoms with Crippen LogP contribution in [0, 0.1) is 11.8 Å². The molecule has 0 N–H and O–H groups in total. The van der Waals surface area contributed by atoms with Gasteiger partial charge >= 0.3 is 0 Å². The van der Waals surface area contributed by atoms with E-state index in [4.69, 9.17) is 0 Å². The van der Waals surface area contributed by atoms with Crippen molar-refractivity contribution in [3.8, 4) is 0 Å². The van der Waals surface area contributed by atoms with E-state index in [1.165, 1.54) is 38.5 Å². The van der Waals surface area contributed by atoms with Crippen LogP contribution >= 0.6 is 0 Å². The van der Waals surface area contributed by atoms with Crippen molar-refractivity contribution in [2.45, 2.75) is 64.8 Å². The molecule has 0 aromatic rings. The lowest BCUT2D eigenvalue weighted by Crippen LogP contribution is -2.50. The summed E-state index contributed by atoms with van der Waals surface area (Å²) in [6.07, 6.45) is 8.43. The summed E-state index contributed by atoms with van der Waals surface area (Å²) in [5, 5.41) is 0. The van der Waals surface area contributed by atoms with Crippen LogP contribution in [0.3, 0.4) is 0 Å². The molecule has 0 aliphatic heterocycles. The van der Waals surface area contributed by atoms with Crippen molar-refractivity contribution in [2.24, 2.45) is 11.8 Å². The van der Waals surface area contributed by atoms with Crippen LogP contribution in [0.25, 0.3) is 0 Å². The van der Waals surface area contributed by atoms with Crippen molar-refractivity contribution in [1.82, 2.24) is 4.90 Å². The van der Waals surface area contributed by atoms with Gasteiger partial charge in [-0.25, -0.2) is 0 Å². The highest BCUT2D eigenvalue weighted by molar-refractivity contribution is 4.93. The number of nitrogens with zero attached hydrogens (tertiary/aromatic N) is 1. The van der Waals surface area contributed by atoms with Gasteiger partial charge in [-0.1, -0.05) is 39.5 Å². The average Bonchev–Trinajstić information content (AvgIpc) is 2.18. The third kappa shape index (κ3) is 2.75. The number of hydrogen-bond donors (Lipinski definition) is 0. The molecule has 1 aliphatic carbocycles. The monoisotopic (exact) mass is 211 g/mol. The summed E-state index contributed by atoms with van der Waals surface area (Å²) in [7, 11) is 4.52. The van der Waals surface area contributed by atoms with Crippen LogP contribution in [0.4, 0.5) is 0 Å². The molecule has 0 bridgehead atoms. The van der Waals surface area contributed by atoms with Crippen LogP contribution in [-0.2, 0) is 0 Å². The molecule has 90 valence electrons. The van der Waals surface area contributed by atoms with Crippen molar-refractivity contribution >= 4 is 0 Å². The van der Waals surface area contributed by atoms with Gasteiger partial charge in [0.1, 0.15) is 0 Å². The molecule has 3 unspecified atom stereocenters. The highest BCUT2D eigenvalue weighted by atomic mass is 15.1. The maximum atomic E-state index is 2.48. The maximum Gasteiger partial charge on any atom is 0.0205 e. The Balaban J connectivity index is 2.77. The molecule has 0 radical (unpaired) electrons. The average molecular weight is 211 g/mol. The second kappa shape index (κ2) is 5.34. The summed E-state index contributed by atoms with van der Waals surface area (Å²) < 4.78 is 0. The molecular weight excluding hydrogens is 182 g/mol. The largest absolute Gasteiger partial charge is 0.304 e. The maximum absolute atomic E-state index is 2.48. The molecule has 1 heteroatoms. The summed E-state index contributed by atoms with van der Waals surface area (Å²) in [5.74, 6) is 1.82. The van der Waals surface area contributed by atoms with E-state index in [0.717, 1.165) is 11.8 Å². The van der Waals surface area contributed by atoms with Gasteiger partial charge in [0.15, 0.2) is 0 Å². The van der Waals surface area contributed by atoms with Gasteiger partial charge in [0, 0.05) is 5.54 Å². The van der Waals surface area contributed by atoms with Crippen molar-refractivity contribution in [2.75, 3.05) is 14.1 Å². The van der Waals surface area contributed by atoms with E-state index in [1.807, 2.05) is 0 Å². The van der Waals surface area contributed by atoms with Gasteiger partial charge in [-0.05, 0) is 45.7 Å². The summed E-state index contributed by atoms with van der Waals surface area (Å²) in [6, 6.07) is 0. The van der Waals surface area contributed by atoms with Gasteiger partial charge in [0.25, 0.3) is 0 Å². The molecular formula is C14H29N. The van der Waals surface area contributed by atoms with Crippen molar-refractivity contribution < 1.29 is 0 Å². The minimum absolute atomic E-state index is 0.425. The first kappa shape index (κ1) is 13.0. The number of hydrogen-bond acceptors (Lipinski definition) is 1. The summed E-state index contributed by atoms with van der Waals surface area (Å²) in [4.78, 5) is 2.48. The van der Waals surface area contributed by atoms with E-state index in [0.29, 0.717) is 5.54 Å². The smallest absolute Gasteiger partial charge is 0.0205 e. The van der Waals surface area contributed by atoms with E-state index >= 15 is 0 Å². The zero-order chi connectivity index (χ0) is 11.5. The Hall–Kier alpha value is -0.0400.